The lowest BCUT2D eigenvalue weighted by atomic mass is 9.95. The monoisotopic (exact) mass is 344 g/mol. The van der Waals surface area contributed by atoms with Crippen molar-refractivity contribution in [3.63, 3.8) is 0 Å². The SMILES string of the molecule is CC(C)C(NC(=O)CCC1CCNC1)c1ccccc1Cl.Cl. The zero-order chi connectivity index (χ0) is 15.2. The van der Waals surface area contributed by atoms with Crippen molar-refractivity contribution >= 4 is 29.9 Å². The van der Waals surface area contributed by atoms with E-state index in [0.29, 0.717) is 18.3 Å². The first-order chi connectivity index (χ1) is 10.1. The third-order valence-electron chi connectivity index (χ3n) is 4.17. The van der Waals surface area contributed by atoms with Crippen LogP contribution in [-0.2, 0) is 4.79 Å². The van der Waals surface area contributed by atoms with Gasteiger partial charge in [-0.2, -0.15) is 0 Å². The lowest BCUT2D eigenvalue weighted by Gasteiger charge is -2.24. The fraction of sp³-hybridized carbons (Fsp3) is 0.588. The minimum absolute atomic E-state index is 0. The molecule has 1 amide bonds. The summed E-state index contributed by atoms with van der Waals surface area (Å²) in [6.07, 6.45) is 2.75. The lowest BCUT2D eigenvalue weighted by molar-refractivity contribution is -0.122. The van der Waals surface area contributed by atoms with Gasteiger partial charge in [-0.05, 0) is 49.4 Å². The number of halogens is 2. The summed E-state index contributed by atoms with van der Waals surface area (Å²) in [6.45, 7) is 6.34. The largest absolute Gasteiger partial charge is 0.349 e. The summed E-state index contributed by atoms with van der Waals surface area (Å²) < 4.78 is 0. The van der Waals surface area contributed by atoms with Gasteiger partial charge in [-0.1, -0.05) is 43.6 Å². The third kappa shape index (κ3) is 5.45. The second-order valence-corrected chi connectivity index (χ2v) is 6.62. The van der Waals surface area contributed by atoms with Crippen LogP contribution in [0, 0.1) is 11.8 Å². The molecule has 0 radical (unpaired) electrons. The van der Waals surface area contributed by atoms with E-state index in [4.69, 9.17) is 11.6 Å². The minimum atomic E-state index is -0.0205. The Labute approximate surface area is 144 Å². The van der Waals surface area contributed by atoms with Crippen LogP contribution in [0.1, 0.15) is 44.7 Å². The molecule has 0 saturated carbocycles. The van der Waals surface area contributed by atoms with E-state index in [0.717, 1.165) is 30.1 Å². The van der Waals surface area contributed by atoms with Crippen LogP contribution in [0.5, 0.6) is 0 Å². The van der Waals surface area contributed by atoms with E-state index in [1.807, 2.05) is 24.3 Å². The molecule has 1 aromatic rings. The number of carbonyl (C=O) groups excluding carboxylic acids is 1. The van der Waals surface area contributed by atoms with Crippen molar-refractivity contribution in [2.45, 2.75) is 39.2 Å². The van der Waals surface area contributed by atoms with Crippen molar-refractivity contribution in [3.8, 4) is 0 Å². The molecule has 2 atom stereocenters. The van der Waals surface area contributed by atoms with E-state index in [9.17, 15) is 4.79 Å². The highest BCUT2D eigenvalue weighted by Gasteiger charge is 2.21. The Morgan fingerprint density at radius 2 is 2.14 bits per heavy atom. The normalized spacial score (nSPS) is 18.8. The Kier molecular flexibility index (Phi) is 8.23. The molecule has 2 rings (SSSR count). The van der Waals surface area contributed by atoms with E-state index < -0.39 is 0 Å². The Morgan fingerprint density at radius 3 is 2.73 bits per heavy atom. The molecule has 22 heavy (non-hydrogen) atoms. The van der Waals surface area contributed by atoms with Crippen LogP contribution >= 0.6 is 24.0 Å². The van der Waals surface area contributed by atoms with Crippen molar-refractivity contribution < 1.29 is 4.79 Å². The summed E-state index contributed by atoms with van der Waals surface area (Å²) in [5.41, 5.74) is 1.00. The maximum atomic E-state index is 12.2. The van der Waals surface area contributed by atoms with Gasteiger partial charge in [0.1, 0.15) is 0 Å². The Morgan fingerprint density at radius 1 is 1.41 bits per heavy atom. The fourth-order valence-electron chi connectivity index (χ4n) is 2.87. The summed E-state index contributed by atoms with van der Waals surface area (Å²) in [6, 6.07) is 7.73. The average molecular weight is 345 g/mol. The number of hydrogen-bond acceptors (Lipinski definition) is 2. The molecule has 124 valence electrons. The van der Waals surface area contributed by atoms with Crippen molar-refractivity contribution in [2.75, 3.05) is 13.1 Å². The predicted octanol–water partition coefficient (Wildman–Crippen LogP) is 3.96. The van der Waals surface area contributed by atoms with Crippen LogP contribution < -0.4 is 10.6 Å². The second-order valence-electron chi connectivity index (χ2n) is 6.21. The summed E-state index contributed by atoms with van der Waals surface area (Å²) in [5, 5.41) is 7.21. The van der Waals surface area contributed by atoms with Crippen LogP contribution in [0.4, 0.5) is 0 Å². The second kappa shape index (κ2) is 9.39. The van der Waals surface area contributed by atoms with Crippen molar-refractivity contribution in [1.82, 2.24) is 10.6 Å². The quantitative estimate of drug-likeness (QED) is 0.819. The molecule has 2 unspecified atom stereocenters. The van der Waals surface area contributed by atoms with Crippen LogP contribution in [-0.4, -0.2) is 19.0 Å². The lowest BCUT2D eigenvalue weighted by Crippen LogP contribution is -2.32. The number of rotatable bonds is 6. The molecule has 0 spiro atoms. The Bertz CT molecular complexity index is 473. The highest BCUT2D eigenvalue weighted by atomic mass is 35.5. The molecule has 1 heterocycles. The van der Waals surface area contributed by atoms with Crippen molar-refractivity contribution in [3.05, 3.63) is 34.9 Å². The van der Waals surface area contributed by atoms with E-state index >= 15 is 0 Å². The first kappa shape index (κ1) is 19.3. The average Bonchev–Trinajstić information content (AvgIpc) is 2.96. The van der Waals surface area contributed by atoms with Gasteiger partial charge in [0, 0.05) is 11.4 Å². The molecule has 1 fully saturated rings. The van der Waals surface area contributed by atoms with E-state index in [1.165, 1.54) is 6.42 Å². The predicted molar refractivity (Wildman–Crippen MR) is 94.6 cm³/mol. The van der Waals surface area contributed by atoms with Crippen molar-refractivity contribution in [2.24, 2.45) is 11.8 Å². The molecule has 1 saturated heterocycles. The molecule has 1 aliphatic heterocycles. The molecular formula is C17H26Cl2N2O. The number of carbonyl (C=O) groups is 1. The molecule has 1 aliphatic rings. The molecule has 3 nitrogen and oxygen atoms in total. The first-order valence-corrected chi connectivity index (χ1v) is 8.20. The van der Waals surface area contributed by atoms with E-state index in [-0.39, 0.29) is 24.4 Å². The zero-order valence-corrected chi connectivity index (χ0v) is 14.8. The highest BCUT2D eigenvalue weighted by Crippen LogP contribution is 2.28. The Hall–Kier alpha value is -0.770. The zero-order valence-electron chi connectivity index (χ0n) is 13.3. The molecule has 0 aromatic heterocycles. The van der Waals surface area contributed by atoms with Gasteiger partial charge < -0.3 is 10.6 Å². The fourth-order valence-corrected chi connectivity index (χ4v) is 3.13. The maximum absolute atomic E-state index is 12.2. The molecule has 2 N–H and O–H groups in total. The number of nitrogens with one attached hydrogen (secondary N) is 2. The number of benzene rings is 1. The van der Waals surface area contributed by atoms with Gasteiger partial charge in [0.05, 0.1) is 6.04 Å². The number of hydrogen-bond donors (Lipinski definition) is 2. The van der Waals surface area contributed by atoms with Gasteiger partial charge in [-0.3, -0.25) is 4.79 Å². The van der Waals surface area contributed by atoms with Crippen LogP contribution in [0.15, 0.2) is 24.3 Å². The topological polar surface area (TPSA) is 41.1 Å². The smallest absolute Gasteiger partial charge is 0.220 e. The van der Waals surface area contributed by atoms with Crippen LogP contribution in [0.3, 0.4) is 0 Å². The van der Waals surface area contributed by atoms with Gasteiger partial charge >= 0.3 is 0 Å². The van der Waals surface area contributed by atoms with Crippen LogP contribution in [0.2, 0.25) is 5.02 Å². The summed E-state index contributed by atoms with van der Waals surface area (Å²) >= 11 is 6.27. The summed E-state index contributed by atoms with van der Waals surface area (Å²) in [4.78, 5) is 12.2. The van der Waals surface area contributed by atoms with Gasteiger partial charge in [-0.15, -0.1) is 12.4 Å². The van der Waals surface area contributed by atoms with Crippen molar-refractivity contribution in [1.29, 1.82) is 0 Å². The number of amides is 1. The maximum Gasteiger partial charge on any atom is 0.220 e. The standard InChI is InChI=1S/C17H25ClN2O.ClH/c1-12(2)17(14-5-3-4-6-15(14)18)20-16(21)8-7-13-9-10-19-11-13;/h3-6,12-13,17,19H,7-11H2,1-2H3,(H,20,21);1H. The van der Waals surface area contributed by atoms with Crippen LogP contribution in [0.25, 0.3) is 0 Å². The molecule has 1 aromatic carbocycles. The molecular weight excluding hydrogens is 319 g/mol. The van der Waals surface area contributed by atoms with Gasteiger partial charge in [0.25, 0.3) is 0 Å². The van der Waals surface area contributed by atoms with Gasteiger partial charge in [0.15, 0.2) is 0 Å². The van der Waals surface area contributed by atoms with Gasteiger partial charge in [0.2, 0.25) is 5.91 Å². The third-order valence-corrected chi connectivity index (χ3v) is 4.51. The molecule has 5 heteroatoms. The van der Waals surface area contributed by atoms with E-state index in [2.05, 4.69) is 24.5 Å². The minimum Gasteiger partial charge on any atom is -0.349 e. The summed E-state index contributed by atoms with van der Waals surface area (Å²) in [5.74, 6) is 1.08. The molecule has 0 aliphatic carbocycles. The highest BCUT2D eigenvalue weighted by molar-refractivity contribution is 6.31. The first-order valence-electron chi connectivity index (χ1n) is 7.82. The summed E-state index contributed by atoms with van der Waals surface area (Å²) in [7, 11) is 0. The van der Waals surface area contributed by atoms with E-state index in [1.54, 1.807) is 0 Å². The molecule has 0 bridgehead atoms. The van der Waals surface area contributed by atoms with Gasteiger partial charge in [-0.25, -0.2) is 0 Å². The Balaban J connectivity index is 0.00000242.